The molecule has 2 aromatic rings. The van der Waals surface area contributed by atoms with Crippen molar-refractivity contribution in [3.8, 4) is 0 Å². The Morgan fingerprint density at radius 1 is 1.12 bits per heavy atom. The predicted molar refractivity (Wildman–Crippen MR) is 86.9 cm³/mol. The molecule has 124 valence electrons. The standard InChI is InChI=1S/C17H13ClF2N2O2/c18-11-4-1-2-7-14(11)22-9-10(8-15(22)23)17(24)21-16-12(19)5-3-6-13(16)20/h1-7,10H,8-9H2,(H,21,24)/t10-/m1/s1. The molecule has 3 rings (SSSR count). The maximum atomic E-state index is 13.6. The van der Waals surface area contributed by atoms with E-state index in [4.69, 9.17) is 11.6 Å². The molecule has 1 aliphatic rings. The lowest BCUT2D eigenvalue weighted by molar-refractivity contribution is -0.122. The number of carbonyl (C=O) groups excluding carboxylic acids is 2. The Morgan fingerprint density at radius 2 is 1.79 bits per heavy atom. The second-order valence-electron chi connectivity index (χ2n) is 5.44. The number of halogens is 3. The van der Waals surface area contributed by atoms with Crippen LogP contribution in [0.25, 0.3) is 0 Å². The fourth-order valence-corrected chi connectivity index (χ4v) is 2.87. The van der Waals surface area contributed by atoms with Crippen molar-refractivity contribution in [2.75, 3.05) is 16.8 Å². The van der Waals surface area contributed by atoms with E-state index < -0.39 is 29.1 Å². The van der Waals surface area contributed by atoms with Crippen molar-refractivity contribution < 1.29 is 18.4 Å². The summed E-state index contributed by atoms with van der Waals surface area (Å²) >= 11 is 6.07. The number of nitrogens with one attached hydrogen (secondary N) is 1. The van der Waals surface area contributed by atoms with Crippen LogP contribution in [0.4, 0.5) is 20.2 Å². The molecule has 2 aromatic carbocycles. The third-order valence-corrected chi connectivity index (χ3v) is 4.17. The third kappa shape index (κ3) is 3.10. The van der Waals surface area contributed by atoms with Gasteiger partial charge in [0.05, 0.1) is 16.6 Å². The van der Waals surface area contributed by atoms with E-state index in [2.05, 4.69) is 5.32 Å². The molecule has 0 unspecified atom stereocenters. The van der Waals surface area contributed by atoms with E-state index in [-0.39, 0.29) is 18.9 Å². The minimum absolute atomic E-state index is 0.0485. The first-order valence-electron chi connectivity index (χ1n) is 7.27. The van der Waals surface area contributed by atoms with Gasteiger partial charge < -0.3 is 10.2 Å². The zero-order chi connectivity index (χ0) is 17.3. The SMILES string of the molecule is O=C(Nc1c(F)cccc1F)[C@@H]1CC(=O)N(c2ccccc2Cl)C1. The fraction of sp³-hybridized carbons (Fsp3) is 0.176. The summed E-state index contributed by atoms with van der Waals surface area (Å²) in [5.41, 5.74) is 0.00248. The van der Waals surface area contributed by atoms with Crippen LogP contribution < -0.4 is 10.2 Å². The van der Waals surface area contributed by atoms with Gasteiger partial charge in [-0.15, -0.1) is 0 Å². The molecule has 0 spiro atoms. The highest BCUT2D eigenvalue weighted by atomic mass is 35.5. The van der Waals surface area contributed by atoms with Crippen LogP contribution in [0, 0.1) is 17.6 Å². The zero-order valence-corrected chi connectivity index (χ0v) is 13.2. The number of anilines is 2. The van der Waals surface area contributed by atoms with Crippen molar-refractivity contribution in [3.63, 3.8) is 0 Å². The first kappa shape index (κ1) is 16.4. The Balaban J connectivity index is 1.76. The normalized spacial score (nSPS) is 17.2. The smallest absolute Gasteiger partial charge is 0.229 e. The molecule has 0 bridgehead atoms. The molecule has 0 aliphatic carbocycles. The summed E-state index contributed by atoms with van der Waals surface area (Å²) in [6.45, 7) is 0.102. The first-order chi connectivity index (χ1) is 11.5. The minimum Gasteiger partial charge on any atom is -0.321 e. The highest BCUT2D eigenvalue weighted by Gasteiger charge is 2.36. The van der Waals surface area contributed by atoms with Crippen molar-refractivity contribution >= 4 is 34.8 Å². The average molecular weight is 351 g/mol. The third-order valence-electron chi connectivity index (χ3n) is 3.85. The second-order valence-corrected chi connectivity index (χ2v) is 5.85. The maximum absolute atomic E-state index is 13.6. The fourth-order valence-electron chi connectivity index (χ4n) is 2.63. The molecule has 1 N–H and O–H groups in total. The van der Waals surface area contributed by atoms with Gasteiger partial charge in [0.15, 0.2) is 0 Å². The summed E-state index contributed by atoms with van der Waals surface area (Å²) in [5.74, 6) is -3.32. The number of para-hydroxylation sites is 2. The quantitative estimate of drug-likeness (QED) is 0.919. The molecule has 0 saturated carbocycles. The van der Waals surface area contributed by atoms with Crippen molar-refractivity contribution in [3.05, 3.63) is 59.1 Å². The number of hydrogen-bond donors (Lipinski definition) is 1. The summed E-state index contributed by atoms with van der Waals surface area (Å²) in [6.07, 6.45) is -0.0485. The summed E-state index contributed by atoms with van der Waals surface area (Å²) < 4.78 is 27.2. The van der Waals surface area contributed by atoms with Crippen LogP contribution in [0.5, 0.6) is 0 Å². The first-order valence-corrected chi connectivity index (χ1v) is 7.65. The van der Waals surface area contributed by atoms with E-state index in [1.54, 1.807) is 24.3 Å². The van der Waals surface area contributed by atoms with Gasteiger partial charge in [-0.1, -0.05) is 29.8 Å². The lowest BCUT2D eigenvalue weighted by Gasteiger charge is -2.18. The van der Waals surface area contributed by atoms with Crippen LogP contribution in [0.15, 0.2) is 42.5 Å². The molecule has 1 atom stereocenters. The average Bonchev–Trinajstić information content (AvgIpc) is 2.93. The lowest BCUT2D eigenvalue weighted by Crippen LogP contribution is -2.28. The van der Waals surface area contributed by atoms with Crippen molar-refractivity contribution in [2.45, 2.75) is 6.42 Å². The number of nitrogens with zero attached hydrogens (tertiary/aromatic N) is 1. The van der Waals surface area contributed by atoms with Gasteiger partial charge >= 0.3 is 0 Å². The van der Waals surface area contributed by atoms with Crippen molar-refractivity contribution in [1.82, 2.24) is 0 Å². The minimum atomic E-state index is -0.865. The molecule has 1 aliphatic heterocycles. The van der Waals surface area contributed by atoms with Crippen LogP contribution in [0.3, 0.4) is 0 Å². The van der Waals surface area contributed by atoms with Crippen LogP contribution in [-0.4, -0.2) is 18.4 Å². The van der Waals surface area contributed by atoms with Crippen LogP contribution in [0.1, 0.15) is 6.42 Å². The van der Waals surface area contributed by atoms with Crippen LogP contribution >= 0.6 is 11.6 Å². The van der Waals surface area contributed by atoms with Gasteiger partial charge in [-0.3, -0.25) is 9.59 Å². The predicted octanol–water partition coefficient (Wildman–Crippen LogP) is 3.61. The van der Waals surface area contributed by atoms with Gasteiger partial charge in [0.25, 0.3) is 0 Å². The molecule has 7 heteroatoms. The monoisotopic (exact) mass is 350 g/mol. The van der Waals surface area contributed by atoms with E-state index in [0.717, 1.165) is 12.1 Å². The van der Waals surface area contributed by atoms with E-state index in [1.807, 2.05) is 0 Å². The van der Waals surface area contributed by atoms with Crippen molar-refractivity contribution in [2.24, 2.45) is 5.92 Å². The number of carbonyl (C=O) groups is 2. The highest BCUT2D eigenvalue weighted by Crippen LogP contribution is 2.31. The molecule has 1 heterocycles. The summed E-state index contributed by atoms with van der Waals surface area (Å²) in [7, 11) is 0. The highest BCUT2D eigenvalue weighted by molar-refractivity contribution is 6.33. The largest absolute Gasteiger partial charge is 0.321 e. The topological polar surface area (TPSA) is 49.4 Å². The Labute approximate surface area is 142 Å². The molecule has 0 aromatic heterocycles. The molecule has 0 radical (unpaired) electrons. The number of benzene rings is 2. The lowest BCUT2D eigenvalue weighted by atomic mass is 10.1. The molecular formula is C17H13ClF2N2O2. The van der Waals surface area contributed by atoms with Gasteiger partial charge in [0, 0.05) is 13.0 Å². The molecule has 1 saturated heterocycles. The Kier molecular flexibility index (Phi) is 4.49. The molecule has 24 heavy (non-hydrogen) atoms. The maximum Gasteiger partial charge on any atom is 0.229 e. The van der Waals surface area contributed by atoms with Crippen LogP contribution in [0.2, 0.25) is 5.02 Å². The van der Waals surface area contributed by atoms with Gasteiger partial charge in [0.2, 0.25) is 11.8 Å². The van der Waals surface area contributed by atoms with Crippen molar-refractivity contribution in [1.29, 1.82) is 0 Å². The Bertz CT molecular complexity index is 793. The number of hydrogen-bond acceptors (Lipinski definition) is 2. The van der Waals surface area contributed by atoms with E-state index in [0.29, 0.717) is 10.7 Å². The van der Waals surface area contributed by atoms with E-state index in [1.165, 1.54) is 11.0 Å². The second kappa shape index (κ2) is 6.57. The van der Waals surface area contributed by atoms with Gasteiger partial charge in [0.1, 0.15) is 17.3 Å². The summed E-state index contributed by atoms with van der Waals surface area (Å²) in [4.78, 5) is 25.8. The Morgan fingerprint density at radius 3 is 2.46 bits per heavy atom. The summed E-state index contributed by atoms with van der Waals surface area (Å²) in [6, 6.07) is 10.1. The molecule has 4 nitrogen and oxygen atoms in total. The van der Waals surface area contributed by atoms with E-state index >= 15 is 0 Å². The Hall–Kier alpha value is -2.47. The van der Waals surface area contributed by atoms with Gasteiger partial charge in [-0.25, -0.2) is 8.78 Å². The van der Waals surface area contributed by atoms with E-state index in [9.17, 15) is 18.4 Å². The zero-order valence-electron chi connectivity index (χ0n) is 12.4. The van der Waals surface area contributed by atoms with Gasteiger partial charge in [-0.05, 0) is 24.3 Å². The molecular weight excluding hydrogens is 338 g/mol. The van der Waals surface area contributed by atoms with Gasteiger partial charge in [-0.2, -0.15) is 0 Å². The molecule has 2 amide bonds. The number of rotatable bonds is 3. The number of amides is 2. The molecule has 1 fully saturated rings. The van der Waals surface area contributed by atoms with Crippen LogP contribution in [-0.2, 0) is 9.59 Å². The summed E-state index contributed by atoms with van der Waals surface area (Å²) in [5, 5.41) is 2.62.